The van der Waals surface area contributed by atoms with Gasteiger partial charge in [-0.3, -0.25) is 4.79 Å². The first-order valence-electron chi connectivity index (χ1n) is 11.8. The van der Waals surface area contributed by atoms with Crippen molar-refractivity contribution in [3.05, 3.63) is 59.7 Å². The SMILES string of the molecule is CCC[C@@H](CC(=O)N[C@@H](C(=O)O)C(C)(C)C)NC(=O)OCC1c2ccccc2-c2ccccc21. The highest BCUT2D eigenvalue weighted by atomic mass is 16.5. The van der Waals surface area contributed by atoms with Gasteiger partial charge < -0.3 is 20.5 Å². The third kappa shape index (κ3) is 5.95. The molecule has 0 saturated heterocycles. The Kier molecular flexibility index (Phi) is 7.97. The molecule has 34 heavy (non-hydrogen) atoms. The van der Waals surface area contributed by atoms with Crippen LogP contribution in [-0.2, 0) is 14.3 Å². The number of benzene rings is 2. The van der Waals surface area contributed by atoms with E-state index in [1.54, 1.807) is 20.8 Å². The van der Waals surface area contributed by atoms with Gasteiger partial charge in [0.25, 0.3) is 0 Å². The van der Waals surface area contributed by atoms with Gasteiger partial charge in [-0.25, -0.2) is 9.59 Å². The van der Waals surface area contributed by atoms with Gasteiger partial charge in [-0.05, 0) is 34.1 Å². The molecule has 0 unspecified atom stereocenters. The molecule has 2 amide bonds. The Morgan fingerprint density at radius 1 is 0.971 bits per heavy atom. The van der Waals surface area contributed by atoms with Crippen molar-refractivity contribution in [1.82, 2.24) is 10.6 Å². The Morgan fingerprint density at radius 2 is 1.53 bits per heavy atom. The maximum Gasteiger partial charge on any atom is 0.407 e. The van der Waals surface area contributed by atoms with E-state index in [1.807, 2.05) is 31.2 Å². The molecule has 182 valence electrons. The van der Waals surface area contributed by atoms with Crippen LogP contribution in [0.5, 0.6) is 0 Å². The summed E-state index contributed by atoms with van der Waals surface area (Å²) >= 11 is 0. The first kappa shape index (κ1) is 25.3. The minimum atomic E-state index is -1.09. The third-order valence-electron chi connectivity index (χ3n) is 6.15. The molecule has 7 heteroatoms. The standard InChI is InChI=1S/C27H34N2O5/c1-5-10-17(15-23(30)29-24(25(31)32)27(2,3)4)28-26(33)34-16-22-20-13-8-6-11-18(20)19-12-7-9-14-21(19)22/h6-9,11-14,17,22,24H,5,10,15-16H2,1-4H3,(H,28,33)(H,29,30)(H,31,32)/t17-,24-/m0/s1. The average Bonchev–Trinajstić information content (AvgIpc) is 3.09. The number of aliphatic carboxylic acids is 1. The van der Waals surface area contributed by atoms with Crippen LogP contribution in [0.3, 0.4) is 0 Å². The first-order valence-corrected chi connectivity index (χ1v) is 11.8. The quantitative estimate of drug-likeness (QED) is 0.497. The van der Waals surface area contributed by atoms with Crippen molar-refractivity contribution in [3.63, 3.8) is 0 Å². The van der Waals surface area contributed by atoms with Crippen molar-refractivity contribution in [3.8, 4) is 11.1 Å². The Labute approximate surface area is 200 Å². The predicted octanol–water partition coefficient (Wildman–Crippen LogP) is 4.70. The van der Waals surface area contributed by atoms with Crippen LogP contribution in [0.25, 0.3) is 11.1 Å². The van der Waals surface area contributed by atoms with E-state index in [0.29, 0.717) is 6.42 Å². The zero-order chi connectivity index (χ0) is 24.9. The minimum Gasteiger partial charge on any atom is -0.480 e. The number of fused-ring (bicyclic) bond motifs is 3. The first-order chi connectivity index (χ1) is 16.1. The molecular formula is C27H34N2O5. The van der Waals surface area contributed by atoms with Crippen LogP contribution in [0.1, 0.15) is 64.0 Å². The fourth-order valence-electron chi connectivity index (χ4n) is 4.47. The van der Waals surface area contributed by atoms with Crippen molar-refractivity contribution >= 4 is 18.0 Å². The zero-order valence-corrected chi connectivity index (χ0v) is 20.3. The van der Waals surface area contributed by atoms with Crippen LogP contribution in [0.15, 0.2) is 48.5 Å². The fourth-order valence-corrected chi connectivity index (χ4v) is 4.47. The van der Waals surface area contributed by atoms with Crippen molar-refractivity contribution in [1.29, 1.82) is 0 Å². The van der Waals surface area contributed by atoms with E-state index in [4.69, 9.17) is 4.74 Å². The van der Waals surface area contributed by atoms with Gasteiger partial charge in [0.05, 0.1) is 0 Å². The number of amides is 2. The third-order valence-corrected chi connectivity index (χ3v) is 6.15. The number of hydrogen-bond acceptors (Lipinski definition) is 4. The lowest BCUT2D eigenvalue weighted by Gasteiger charge is -2.28. The van der Waals surface area contributed by atoms with Crippen LogP contribution in [0.4, 0.5) is 4.79 Å². The predicted molar refractivity (Wildman–Crippen MR) is 131 cm³/mol. The molecule has 7 nitrogen and oxygen atoms in total. The van der Waals surface area contributed by atoms with Crippen LogP contribution in [0.2, 0.25) is 0 Å². The van der Waals surface area contributed by atoms with Crippen LogP contribution < -0.4 is 10.6 Å². The van der Waals surface area contributed by atoms with Gasteiger partial charge in [0, 0.05) is 18.4 Å². The Balaban J connectivity index is 1.60. The Morgan fingerprint density at radius 3 is 2.03 bits per heavy atom. The van der Waals surface area contributed by atoms with Crippen molar-refractivity contribution in [2.45, 2.75) is 65.0 Å². The van der Waals surface area contributed by atoms with E-state index in [-0.39, 0.29) is 18.9 Å². The van der Waals surface area contributed by atoms with E-state index < -0.39 is 35.5 Å². The number of alkyl carbamates (subject to hydrolysis) is 1. The summed E-state index contributed by atoms with van der Waals surface area (Å²) in [7, 11) is 0. The summed E-state index contributed by atoms with van der Waals surface area (Å²) in [6.45, 7) is 7.41. The highest BCUT2D eigenvalue weighted by molar-refractivity contribution is 5.85. The number of carboxylic acids is 1. The smallest absolute Gasteiger partial charge is 0.407 e. The van der Waals surface area contributed by atoms with Gasteiger partial charge in [0.15, 0.2) is 0 Å². The highest BCUT2D eigenvalue weighted by Gasteiger charge is 2.33. The number of carboxylic acid groups (broad SMARTS) is 1. The second-order valence-electron chi connectivity index (χ2n) is 9.86. The van der Waals surface area contributed by atoms with Gasteiger partial charge in [-0.15, -0.1) is 0 Å². The summed E-state index contributed by atoms with van der Waals surface area (Å²) < 4.78 is 5.60. The summed E-state index contributed by atoms with van der Waals surface area (Å²) in [6, 6.07) is 14.8. The molecule has 0 aromatic heterocycles. The lowest BCUT2D eigenvalue weighted by atomic mass is 9.86. The Bertz CT molecular complexity index is 998. The molecule has 0 radical (unpaired) electrons. The molecule has 2 aromatic carbocycles. The molecule has 3 rings (SSSR count). The van der Waals surface area contributed by atoms with Crippen molar-refractivity contribution in [2.24, 2.45) is 5.41 Å². The molecule has 0 spiro atoms. The average molecular weight is 467 g/mol. The van der Waals surface area contributed by atoms with Gasteiger partial charge in [-0.1, -0.05) is 82.6 Å². The van der Waals surface area contributed by atoms with Crippen LogP contribution in [-0.4, -0.2) is 41.8 Å². The molecule has 3 N–H and O–H groups in total. The molecule has 1 aliphatic rings. The molecular weight excluding hydrogens is 432 g/mol. The number of hydrogen-bond donors (Lipinski definition) is 3. The maximum absolute atomic E-state index is 12.6. The van der Waals surface area contributed by atoms with E-state index >= 15 is 0 Å². The highest BCUT2D eigenvalue weighted by Crippen LogP contribution is 2.44. The molecule has 0 heterocycles. The number of ether oxygens (including phenoxy) is 1. The molecule has 2 aromatic rings. The molecule has 0 bridgehead atoms. The summed E-state index contributed by atoms with van der Waals surface area (Å²) in [4.78, 5) is 36.7. The number of carbonyl (C=O) groups is 3. The monoisotopic (exact) mass is 466 g/mol. The fraction of sp³-hybridized carbons (Fsp3) is 0.444. The summed E-state index contributed by atoms with van der Waals surface area (Å²) in [5.74, 6) is -1.55. The molecule has 0 fully saturated rings. The molecule has 0 saturated carbocycles. The normalized spacial score (nSPS) is 14.5. The lowest BCUT2D eigenvalue weighted by molar-refractivity contribution is -0.145. The minimum absolute atomic E-state index is 0.0160. The van der Waals surface area contributed by atoms with E-state index in [0.717, 1.165) is 28.7 Å². The van der Waals surface area contributed by atoms with E-state index in [2.05, 4.69) is 34.9 Å². The van der Waals surface area contributed by atoms with Gasteiger partial charge >= 0.3 is 12.1 Å². The van der Waals surface area contributed by atoms with E-state index in [9.17, 15) is 19.5 Å². The molecule has 2 atom stereocenters. The number of nitrogens with one attached hydrogen (secondary N) is 2. The van der Waals surface area contributed by atoms with Gasteiger partial charge in [0.1, 0.15) is 12.6 Å². The van der Waals surface area contributed by atoms with Gasteiger partial charge in [-0.2, -0.15) is 0 Å². The number of carbonyl (C=O) groups excluding carboxylic acids is 2. The largest absolute Gasteiger partial charge is 0.480 e. The van der Waals surface area contributed by atoms with Crippen LogP contribution in [0, 0.1) is 5.41 Å². The summed E-state index contributed by atoms with van der Waals surface area (Å²) in [5, 5.41) is 14.8. The summed E-state index contributed by atoms with van der Waals surface area (Å²) in [6.07, 6.45) is 0.727. The Hall–Kier alpha value is -3.35. The topological polar surface area (TPSA) is 105 Å². The van der Waals surface area contributed by atoms with Crippen LogP contribution >= 0.6 is 0 Å². The lowest BCUT2D eigenvalue weighted by Crippen LogP contribution is -2.50. The van der Waals surface area contributed by atoms with Crippen molar-refractivity contribution in [2.75, 3.05) is 6.61 Å². The summed E-state index contributed by atoms with van der Waals surface area (Å²) in [5.41, 5.74) is 3.92. The van der Waals surface area contributed by atoms with Crippen molar-refractivity contribution < 1.29 is 24.2 Å². The maximum atomic E-state index is 12.6. The van der Waals surface area contributed by atoms with Gasteiger partial charge in [0.2, 0.25) is 5.91 Å². The molecule has 1 aliphatic carbocycles. The van der Waals surface area contributed by atoms with E-state index in [1.165, 1.54) is 0 Å². The zero-order valence-electron chi connectivity index (χ0n) is 20.3. The number of rotatable bonds is 9. The second kappa shape index (κ2) is 10.7. The second-order valence-corrected chi connectivity index (χ2v) is 9.86. The molecule has 0 aliphatic heterocycles.